The van der Waals surface area contributed by atoms with Crippen molar-refractivity contribution in [2.45, 2.75) is 0 Å². The molecule has 1 aromatic heterocycles. The molecule has 0 aliphatic heterocycles. The molecule has 2 aromatic rings. The highest BCUT2D eigenvalue weighted by molar-refractivity contribution is 9.10. The number of hydrogen-bond donors (Lipinski definition) is 1. The van der Waals surface area contributed by atoms with Crippen LogP contribution in [0.5, 0.6) is 5.75 Å². The molecule has 0 unspecified atom stereocenters. The Bertz CT molecular complexity index is 671. The van der Waals surface area contributed by atoms with Crippen LogP contribution in [0.25, 0.3) is 0 Å². The van der Waals surface area contributed by atoms with Crippen LogP contribution in [0.4, 0.5) is 11.4 Å². The van der Waals surface area contributed by atoms with E-state index >= 15 is 0 Å². The van der Waals surface area contributed by atoms with Crippen LogP contribution < -0.4 is 10.1 Å². The van der Waals surface area contributed by atoms with Gasteiger partial charge in [-0.25, -0.2) is 0 Å². The van der Waals surface area contributed by atoms with Gasteiger partial charge in [0.05, 0.1) is 17.7 Å². The number of benzene rings is 1. The van der Waals surface area contributed by atoms with Crippen LogP contribution in [0.1, 0.15) is 9.67 Å². The van der Waals surface area contributed by atoms with Crippen LogP contribution in [-0.2, 0) is 0 Å². The summed E-state index contributed by atoms with van der Waals surface area (Å²) in [5.41, 5.74) is 0.137. The first kappa shape index (κ1) is 14.5. The van der Waals surface area contributed by atoms with Crippen molar-refractivity contribution in [1.29, 1.82) is 0 Å². The molecule has 0 bridgehead atoms. The van der Waals surface area contributed by atoms with E-state index in [1.54, 1.807) is 11.4 Å². The Morgan fingerprint density at radius 2 is 2.20 bits per heavy atom. The Kier molecular flexibility index (Phi) is 4.35. The molecular weight excluding hydrogens is 348 g/mol. The van der Waals surface area contributed by atoms with Gasteiger partial charge in [0.1, 0.15) is 10.6 Å². The number of amides is 1. The molecule has 0 spiro atoms. The van der Waals surface area contributed by atoms with E-state index in [9.17, 15) is 14.9 Å². The van der Waals surface area contributed by atoms with Crippen molar-refractivity contribution in [3.8, 4) is 5.75 Å². The van der Waals surface area contributed by atoms with Crippen LogP contribution in [-0.4, -0.2) is 17.9 Å². The quantitative estimate of drug-likeness (QED) is 0.669. The Labute approximate surface area is 126 Å². The van der Waals surface area contributed by atoms with Gasteiger partial charge >= 0.3 is 0 Å². The molecule has 104 valence electrons. The number of non-ortho nitro benzene ring substituents is 1. The minimum absolute atomic E-state index is 0.119. The average Bonchev–Trinajstić information content (AvgIpc) is 2.84. The van der Waals surface area contributed by atoms with Gasteiger partial charge in [-0.2, -0.15) is 0 Å². The van der Waals surface area contributed by atoms with Crippen molar-refractivity contribution in [3.05, 3.63) is 49.1 Å². The maximum atomic E-state index is 12.1. The van der Waals surface area contributed by atoms with Crippen molar-refractivity contribution in [3.63, 3.8) is 0 Å². The number of halogens is 1. The molecule has 0 saturated heterocycles. The average molecular weight is 357 g/mol. The van der Waals surface area contributed by atoms with Gasteiger partial charge in [0.15, 0.2) is 0 Å². The summed E-state index contributed by atoms with van der Waals surface area (Å²) in [4.78, 5) is 22.8. The van der Waals surface area contributed by atoms with Crippen LogP contribution in [0.3, 0.4) is 0 Å². The summed E-state index contributed by atoms with van der Waals surface area (Å²) in [6, 6.07) is 5.77. The number of rotatable bonds is 4. The first-order chi connectivity index (χ1) is 9.52. The number of hydrogen-bond acceptors (Lipinski definition) is 5. The zero-order valence-corrected chi connectivity index (χ0v) is 12.7. The van der Waals surface area contributed by atoms with Crippen LogP contribution in [0, 0.1) is 10.1 Å². The number of nitro benzene ring substituents is 1. The second kappa shape index (κ2) is 6.02. The molecule has 6 nitrogen and oxygen atoms in total. The van der Waals surface area contributed by atoms with Gasteiger partial charge in [-0.05, 0) is 33.4 Å². The number of methoxy groups -OCH3 is 1. The molecule has 1 heterocycles. The summed E-state index contributed by atoms with van der Waals surface area (Å²) >= 11 is 4.53. The highest BCUT2D eigenvalue weighted by Gasteiger charge is 2.16. The largest absolute Gasteiger partial charge is 0.495 e. The number of nitrogens with zero attached hydrogens (tertiary/aromatic N) is 1. The number of nitro groups is 1. The van der Waals surface area contributed by atoms with Crippen molar-refractivity contribution in [1.82, 2.24) is 0 Å². The van der Waals surface area contributed by atoms with Gasteiger partial charge in [-0.15, -0.1) is 11.3 Å². The third-order valence-corrected chi connectivity index (χ3v) is 4.30. The van der Waals surface area contributed by atoms with Crippen molar-refractivity contribution < 1.29 is 14.5 Å². The second-order valence-electron chi connectivity index (χ2n) is 3.69. The Morgan fingerprint density at radius 1 is 1.45 bits per heavy atom. The molecule has 0 saturated carbocycles. The summed E-state index contributed by atoms with van der Waals surface area (Å²) in [6.45, 7) is 0. The molecule has 0 aliphatic rings. The molecule has 0 radical (unpaired) electrons. The van der Waals surface area contributed by atoms with Crippen molar-refractivity contribution in [2.24, 2.45) is 0 Å². The Hall–Kier alpha value is -1.93. The van der Waals surface area contributed by atoms with Gasteiger partial charge < -0.3 is 10.1 Å². The lowest BCUT2D eigenvalue weighted by Crippen LogP contribution is -2.11. The number of thiophene rings is 1. The number of nitrogens with one attached hydrogen (secondary N) is 1. The van der Waals surface area contributed by atoms with E-state index in [0.717, 1.165) is 0 Å². The van der Waals surface area contributed by atoms with Crippen molar-refractivity contribution in [2.75, 3.05) is 12.4 Å². The topological polar surface area (TPSA) is 81.5 Å². The van der Waals surface area contributed by atoms with E-state index in [4.69, 9.17) is 4.74 Å². The van der Waals surface area contributed by atoms with E-state index in [-0.39, 0.29) is 17.3 Å². The molecule has 0 aliphatic carbocycles. The predicted octanol–water partition coefficient (Wildman–Crippen LogP) is 3.68. The lowest BCUT2D eigenvalue weighted by atomic mass is 10.2. The summed E-state index contributed by atoms with van der Waals surface area (Å²) in [5, 5.41) is 15.1. The summed E-state index contributed by atoms with van der Waals surface area (Å²) < 4.78 is 5.75. The highest BCUT2D eigenvalue weighted by Crippen LogP contribution is 2.30. The second-order valence-corrected chi connectivity index (χ2v) is 5.46. The lowest BCUT2D eigenvalue weighted by Gasteiger charge is -2.09. The number of ether oxygens (including phenoxy) is 1. The zero-order chi connectivity index (χ0) is 14.7. The van der Waals surface area contributed by atoms with E-state index in [2.05, 4.69) is 21.2 Å². The molecule has 0 fully saturated rings. The van der Waals surface area contributed by atoms with Gasteiger partial charge in [0, 0.05) is 16.6 Å². The molecule has 1 amide bonds. The lowest BCUT2D eigenvalue weighted by molar-refractivity contribution is -0.384. The van der Waals surface area contributed by atoms with Crippen LogP contribution >= 0.6 is 27.3 Å². The van der Waals surface area contributed by atoms with Gasteiger partial charge in [-0.1, -0.05) is 0 Å². The molecule has 2 rings (SSSR count). The first-order valence-electron chi connectivity index (χ1n) is 5.39. The molecular formula is C12H9BrN2O4S. The van der Waals surface area contributed by atoms with E-state index in [1.165, 1.54) is 36.6 Å². The molecule has 1 N–H and O–H groups in total. The third-order valence-electron chi connectivity index (χ3n) is 2.47. The minimum Gasteiger partial charge on any atom is -0.495 e. The monoisotopic (exact) mass is 356 g/mol. The first-order valence-corrected chi connectivity index (χ1v) is 7.07. The van der Waals surface area contributed by atoms with Gasteiger partial charge in [0.2, 0.25) is 0 Å². The molecule has 1 aromatic carbocycles. The molecule has 8 heteroatoms. The zero-order valence-electron chi connectivity index (χ0n) is 10.3. The van der Waals surface area contributed by atoms with Crippen molar-refractivity contribution >= 4 is 44.5 Å². The van der Waals surface area contributed by atoms with E-state index in [1.807, 2.05) is 0 Å². The number of carbonyl (C=O) groups is 1. The fourth-order valence-electron chi connectivity index (χ4n) is 1.54. The highest BCUT2D eigenvalue weighted by atomic mass is 79.9. The fourth-order valence-corrected chi connectivity index (χ4v) is 2.99. The van der Waals surface area contributed by atoms with Gasteiger partial charge in [0.25, 0.3) is 11.6 Å². The van der Waals surface area contributed by atoms with Crippen LogP contribution in [0.15, 0.2) is 34.1 Å². The Morgan fingerprint density at radius 3 is 2.75 bits per heavy atom. The van der Waals surface area contributed by atoms with Gasteiger partial charge in [-0.3, -0.25) is 14.9 Å². The normalized spacial score (nSPS) is 10.1. The number of anilines is 1. The summed E-state index contributed by atoms with van der Waals surface area (Å²) in [6.07, 6.45) is 0. The third kappa shape index (κ3) is 2.97. The fraction of sp³-hybridized carbons (Fsp3) is 0.0833. The molecule has 0 atom stereocenters. The van der Waals surface area contributed by atoms with Crippen LogP contribution in [0.2, 0.25) is 0 Å². The minimum atomic E-state index is -0.532. The maximum Gasteiger partial charge on any atom is 0.271 e. The summed E-state index contributed by atoms with van der Waals surface area (Å²) in [7, 11) is 1.43. The number of carbonyl (C=O) groups excluding carboxylic acids is 1. The van der Waals surface area contributed by atoms with E-state index in [0.29, 0.717) is 15.1 Å². The predicted molar refractivity (Wildman–Crippen MR) is 79.6 cm³/mol. The standard InChI is InChI=1S/C12H9BrN2O4S/c1-19-10-3-2-7(15(17)18)6-9(10)14-12(16)11-8(13)4-5-20-11/h2-6H,1H3,(H,14,16). The maximum absolute atomic E-state index is 12.1. The van der Waals surface area contributed by atoms with E-state index < -0.39 is 4.92 Å². The summed E-state index contributed by atoms with van der Waals surface area (Å²) in [5.74, 6) is 0.00213. The Balaban J connectivity index is 2.32. The molecule has 20 heavy (non-hydrogen) atoms. The smallest absolute Gasteiger partial charge is 0.271 e. The SMILES string of the molecule is COc1ccc([N+](=O)[O-])cc1NC(=O)c1sccc1Br.